The number of rotatable bonds is 13. The molecule has 5 atom stereocenters. The van der Waals surface area contributed by atoms with Gasteiger partial charge >= 0.3 is 0 Å². The van der Waals surface area contributed by atoms with E-state index in [0.29, 0.717) is 25.0 Å². The van der Waals surface area contributed by atoms with Crippen molar-refractivity contribution in [2.75, 3.05) is 13.7 Å². The van der Waals surface area contributed by atoms with Gasteiger partial charge in [-0.15, -0.1) is 0 Å². The van der Waals surface area contributed by atoms with Crippen LogP contribution < -0.4 is 4.74 Å². The van der Waals surface area contributed by atoms with Crippen molar-refractivity contribution in [3.05, 3.63) is 132 Å². The van der Waals surface area contributed by atoms with Crippen LogP contribution in [0.5, 0.6) is 5.19 Å². The minimum atomic E-state index is -0.704. The fraction of sp³-hybridized carbons (Fsp3) is 0.286. The number of benzene rings is 4. The molecule has 7 nitrogen and oxygen atoms in total. The van der Waals surface area contributed by atoms with Gasteiger partial charge in [0, 0.05) is 7.11 Å². The van der Waals surface area contributed by atoms with Crippen molar-refractivity contribution < 1.29 is 28.4 Å². The lowest BCUT2D eigenvalue weighted by molar-refractivity contribution is -0.320. The monoisotopic (exact) mass is 597 g/mol. The van der Waals surface area contributed by atoms with Gasteiger partial charge in [0.25, 0.3) is 5.19 Å². The highest BCUT2D eigenvalue weighted by molar-refractivity contribution is 7.20. The number of para-hydroxylation sites is 1. The summed E-state index contributed by atoms with van der Waals surface area (Å²) in [6.07, 6.45) is -2.82. The van der Waals surface area contributed by atoms with Crippen LogP contribution in [0, 0.1) is 0 Å². The van der Waals surface area contributed by atoms with Crippen molar-refractivity contribution in [2.45, 2.75) is 50.5 Å². The van der Waals surface area contributed by atoms with Gasteiger partial charge < -0.3 is 28.4 Å². The second kappa shape index (κ2) is 14.7. The Kier molecular flexibility index (Phi) is 10.1. The van der Waals surface area contributed by atoms with Gasteiger partial charge in [0.2, 0.25) is 0 Å². The van der Waals surface area contributed by atoms with E-state index in [9.17, 15) is 0 Å². The van der Waals surface area contributed by atoms with Crippen molar-refractivity contribution in [3.63, 3.8) is 0 Å². The SMILES string of the molecule is CO[C@H]1O[C@H](COc2nc3ccccc3s2)[C@@H](OCc2ccccc2)[C@H](OCc2ccccc2)[C@H]1OCc1ccccc1. The average Bonchev–Trinajstić information content (AvgIpc) is 3.49. The first-order chi connectivity index (χ1) is 21.3. The number of methoxy groups -OCH3 is 1. The molecule has 0 aliphatic carbocycles. The van der Waals surface area contributed by atoms with Gasteiger partial charge in [-0.25, -0.2) is 4.98 Å². The lowest BCUT2D eigenvalue weighted by atomic mass is 9.98. The van der Waals surface area contributed by atoms with Gasteiger partial charge in [-0.3, -0.25) is 0 Å². The summed E-state index contributed by atoms with van der Waals surface area (Å²) in [6.45, 7) is 1.33. The van der Waals surface area contributed by atoms with E-state index >= 15 is 0 Å². The summed E-state index contributed by atoms with van der Waals surface area (Å²) in [4.78, 5) is 4.64. The Labute approximate surface area is 255 Å². The normalized spacial score (nSPS) is 22.0. The first-order valence-corrected chi connectivity index (χ1v) is 15.2. The minimum Gasteiger partial charge on any atom is -0.467 e. The van der Waals surface area contributed by atoms with Crippen molar-refractivity contribution in [1.29, 1.82) is 0 Å². The van der Waals surface area contributed by atoms with Crippen LogP contribution in [0.2, 0.25) is 0 Å². The number of nitrogens with zero attached hydrogens (tertiary/aromatic N) is 1. The zero-order valence-corrected chi connectivity index (χ0v) is 24.8. The van der Waals surface area contributed by atoms with E-state index in [1.807, 2.05) is 115 Å². The maximum absolute atomic E-state index is 6.65. The fourth-order valence-electron chi connectivity index (χ4n) is 5.14. The van der Waals surface area contributed by atoms with Gasteiger partial charge in [0.1, 0.15) is 31.0 Å². The Morgan fingerprint density at radius 1 is 0.628 bits per heavy atom. The summed E-state index contributed by atoms with van der Waals surface area (Å²) in [7, 11) is 1.62. The standard InChI is InChI=1S/C35H35NO6S/c1-37-34-33(40-23-27-17-9-4-10-18-27)32(39-22-26-15-7-3-8-16-26)31(38-21-25-13-5-2-6-14-25)29(42-34)24-41-35-36-28-19-11-12-20-30(28)43-35/h2-20,29,31-34H,21-24H2,1H3/t29-,31-,32+,33-,34+/m1/s1. The van der Waals surface area contributed by atoms with E-state index < -0.39 is 30.7 Å². The van der Waals surface area contributed by atoms with E-state index in [0.717, 1.165) is 26.9 Å². The largest absolute Gasteiger partial charge is 0.467 e. The third kappa shape index (κ3) is 7.67. The first-order valence-electron chi connectivity index (χ1n) is 14.4. The lowest BCUT2D eigenvalue weighted by Gasteiger charge is -2.45. The molecule has 1 aliphatic rings. The zero-order chi connectivity index (χ0) is 29.3. The van der Waals surface area contributed by atoms with Crippen LogP contribution >= 0.6 is 11.3 Å². The topological polar surface area (TPSA) is 68.3 Å². The molecule has 222 valence electrons. The molecule has 0 amide bonds. The number of hydrogen-bond acceptors (Lipinski definition) is 8. The van der Waals surface area contributed by atoms with Gasteiger partial charge in [0.05, 0.1) is 30.0 Å². The van der Waals surface area contributed by atoms with Crippen LogP contribution in [-0.4, -0.2) is 49.4 Å². The molecule has 8 heteroatoms. The third-order valence-corrected chi connectivity index (χ3v) is 8.27. The molecule has 4 aromatic carbocycles. The number of ether oxygens (including phenoxy) is 6. The summed E-state index contributed by atoms with van der Waals surface area (Å²) in [5.41, 5.74) is 4.04. The summed E-state index contributed by atoms with van der Waals surface area (Å²) in [5, 5.41) is 0.574. The number of thiazole rings is 1. The van der Waals surface area contributed by atoms with Crippen molar-refractivity contribution in [3.8, 4) is 5.19 Å². The quantitative estimate of drug-likeness (QED) is 0.148. The molecule has 43 heavy (non-hydrogen) atoms. The molecular weight excluding hydrogens is 562 g/mol. The maximum Gasteiger partial charge on any atom is 0.274 e. The molecule has 0 bridgehead atoms. The van der Waals surface area contributed by atoms with Crippen LogP contribution in [0.4, 0.5) is 0 Å². The van der Waals surface area contributed by atoms with E-state index in [4.69, 9.17) is 28.4 Å². The summed E-state index contributed by atoms with van der Waals surface area (Å²) < 4.78 is 39.5. The highest BCUT2D eigenvalue weighted by atomic mass is 32.1. The van der Waals surface area contributed by atoms with Gasteiger partial charge in [0.15, 0.2) is 6.29 Å². The van der Waals surface area contributed by atoms with Crippen molar-refractivity contribution in [2.24, 2.45) is 0 Å². The molecular formula is C35H35NO6S. The van der Waals surface area contributed by atoms with Crippen LogP contribution in [0.25, 0.3) is 10.2 Å². The molecule has 5 aromatic rings. The summed E-state index contributed by atoms with van der Waals surface area (Å²) in [5.74, 6) is 0. The van der Waals surface area contributed by atoms with Crippen molar-refractivity contribution in [1.82, 2.24) is 4.98 Å². The van der Waals surface area contributed by atoms with Crippen molar-refractivity contribution >= 4 is 21.6 Å². The molecule has 1 fully saturated rings. The highest BCUT2D eigenvalue weighted by Crippen LogP contribution is 2.33. The Bertz CT molecular complexity index is 1500. The van der Waals surface area contributed by atoms with E-state index in [2.05, 4.69) is 4.98 Å². The smallest absolute Gasteiger partial charge is 0.274 e. The fourth-order valence-corrected chi connectivity index (χ4v) is 5.96. The van der Waals surface area contributed by atoms with Crippen LogP contribution in [0.15, 0.2) is 115 Å². The first kappa shape index (κ1) is 29.4. The zero-order valence-electron chi connectivity index (χ0n) is 24.0. The second-order valence-corrected chi connectivity index (χ2v) is 11.3. The van der Waals surface area contributed by atoms with E-state index in [1.54, 1.807) is 7.11 Å². The average molecular weight is 598 g/mol. The van der Waals surface area contributed by atoms with E-state index in [-0.39, 0.29) is 6.61 Å². The third-order valence-electron chi connectivity index (χ3n) is 7.32. The summed E-state index contributed by atoms with van der Waals surface area (Å²) in [6, 6.07) is 38.2. The maximum atomic E-state index is 6.65. The van der Waals surface area contributed by atoms with E-state index in [1.165, 1.54) is 11.3 Å². The Morgan fingerprint density at radius 3 is 1.70 bits per heavy atom. The predicted molar refractivity (Wildman–Crippen MR) is 166 cm³/mol. The van der Waals surface area contributed by atoms with Gasteiger partial charge in [-0.05, 0) is 28.8 Å². The summed E-state index contributed by atoms with van der Waals surface area (Å²) >= 11 is 1.50. The highest BCUT2D eigenvalue weighted by Gasteiger charge is 2.49. The number of fused-ring (bicyclic) bond motifs is 1. The molecule has 1 aromatic heterocycles. The van der Waals surface area contributed by atoms with Crippen LogP contribution in [-0.2, 0) is 43.5 Å². The molecule has 0 unspecified atom stereocenters. The molecule has 6 rings (SSSR count). The molecule has 1 saturated heterocycles. The molecule has 1 aliphatic heterocycles. The number of aromatic nitrogens is 1. The Hall–Kier alpha value is -3.63. The van der Waals surface area contributed by atoms with Gasteiger partial charge in [-0.2, -0.15) is 0 Å². The van der Waals surface area contributed by atoms with Gasteiger partial charge in [-0.1, -0.05) is 114 Å². The van der Waals surface area contributed by atoms with Crippen LogP contribution in [0.1, 0.15) is 16.7 Å². The number of hydrogen-bond donors (Lipinski definition) is 0. The predicted octanol–water partition coefficient (Wildman–Crippen LogP) is 6.80. The van der Waals surface area contributed by atoms with Crippen LogP contribution in [0.3, 0.4) is 0 Å². The molecule has 0 radical (unpaired) electrons. The Morgan fingerprint density at radius 2 is 1.14 bits per heavy atom. The lowest BCUT2D eigenvalue weighted by Crippen LogP contribution is -2.61. The molecule has 0 N–H and O–H groups in total. The Balaban J connectivity index is 1.27. The molecule has 0 spiro atoms. The second-order valence-electron chi connectivity index (χ2n) is 10.3. The molecule has 0 saturated carbocycles. The minimum absolute atomic E-state index is 0.204. The molecule has 2 heterocycles.